The highest BCUT2D eigenvalue weighted by molar-refractivity contribution is 6.02. The molecule has 0 fully saturated rings. The molecule has 0 radical (unpaired) electrons. The maximum Gasteiger partial charge on any atom is 0.274 e. The van der Waals surface area contributed by atoms with Gasteiger partial charge in [-0.15, -0.1) is 0 Å². The Kier molecular flexibility index (Phi) is 3.92. The van der Waals surface area contributed by atoms with Gasteiger partial charge in [0.2, 0.25) is 0 Å². The summed E-state index contributed by atoms with van der Waals surface area (Å²) in [7, 11) is 0. The second-order valence-electron chi connectivity index (χ2n) is 4.42. The lowest BCUT2D eigenvalue weighted by molar-refractivity contribution is 0.102. The second-order valence-corrected chi connectivity index (χ2v) is 4.42. The molecule has 1 heterocycles. The third-order valence-corrected chi connectivity index (χ3v) is 2.77. The van der Waals surface area contributed by atoms with E-state index in [0.29, 0.717) is 11.4 Å². The lowest BCUT2D eigenvalue weighted by Gasteiger charge is -2.08. The molecule has 4 nitrogen and oxygen atoms in total. The van der Waals surface area contributed by atoms with Gasteiger partial charge in [0.05, 0.1) is 6.10 Å². The Morgan fingerprint density at radius 3 is 2.47 bits per heavy atom. The highest BCUT2D eigenvalue weighted by Crippen LogP contribution is 2.16. The first-order valence-corrected chi connectivity index (χ1v) is 6.09. The summed E-state index contributed by atoms with van der Waals surface area (Å²) in [5.41, 5.74) is 2.68. The van der Waals surface area contributed by atoms with Crippen molar-refractivity contribution in [2.75, 3.05) is 5.32 Å². The topological polar surface area (TPSA) is 62.2 Å². The number of rotatable bonds is 3. The first-order valence-electron chi connectivity index (χ1n) is 6.09. The average Bonchev–Trinajstić information content (AvgIpc) is 2.39. The number of hydrogen-bond acceptors (Lipinski definition) is 3. The van der Waals surface area contributed by atoms with E-state index in [1.807, 2.05) is 13.0 Å². The Morgan fingerprint density at radius 1 is 1.21 bits per heavy atom. The smallest absolute Gasteiger partial charge is 0.274 e. The third-order valence-electron chi connectivity index (χ3n) is 2.77. The van der Waals surface area contributed by atoms with Crippen LogP contribution in [0.1, 0.15) is 34.8 Å². The van der Waals surface area contributed by atoms with E-state index in [4.69, 9.17) is 0 Å². The minimum atomic E-state index is -0.511. The SMILES string of the molecule is Cc1cccc(C(=O)Nc2ccc(C(C)O)cc2)n1. The van der Waals surface area contributed by atoms with Gasteiger partial charge in [0.15, 0.2) is 0 Å². The molecule has 2 N–H and O–H groups in total. The van der Waals surface area contributed by atoms with Crippen LogP contribution >= 0.6 is 0 Å². The number of hydrogen-bond donors (Lipinski definition) is 2. The normalized spacial score (nSPS) is 11.9. The van der Waals surface area contributed by atoms with Crippen molar-refractivity contribution in [3.63, 3.8) is 0 Å². The Balaban J connectivity index is 2.10. The number of nitrogens with zero attached hydrogens (tertiary/aromatic N) is 1. The molecule has 1 amide bonds. The zero-order valence-electron chi connectivity index (χ0n) is 10.9. The summed E-state index contributed by atoms with van der Waals surface area (Å²) < 4.78 is 0. The average molecular weight is 256 g/mol. The number of amides is 1. The molecule has 2 aromatic rings. The second kappa shape index (κ2) is 5.63. The number of anilines is 1. The van der Waals surface area contributed by atoms with E-state index in [-0.39, 0.29) is 5.91 Å². The molecule has 0 bridgehead atoms. The van der Waals surface area contributed by atoms with Crippen LogP contribution in [0.2, 0.25) is 0 Å². The van der Waals surface area contributed by atoms with Crippen molar-refractivity contribution in [3.05, 3.63) is 59.4 Å². The first kappa shape index (κ1) is 13.2. The predicted octanol–water partition coefficient (Wildman–Crippen LogP) is 2.70. The summed E-state index contributed by atoms with van der Waals surface area (Å²) in [5.74, 6) is -0.242. The van der Waals surface area contributed by atoms with Gasteiger partial charge in [-0.3, -0.25) is 4.79 Å². The predicted molar refractivity (Wildman–Crippen MR) is 74.0 cm³/mol. The lowest BCUT2D eigenvalue weighted by Crippen LogP contribution is -2.13. The van der Waals surface area contributed by atoms with E-state index in [9.17, 15) is 9.90 Å². The van der Waals surface area contributed by atoms with Crippen molar-refractivity contribution >= 4 is 11.6 Å². The number of carbonyl (C=O) groups is 1. The number of benzene rings is 1. The van der Waals surface area contributed by atoms with Gasteiger partial charge in [-0.25, -0.2) is 4.98 Å². The van der Waals surface area contributed by atoms with Gasteiger partial charge in [-0.2, -0.15) is 0 Å². The molecule has 0 aliphatic rings. The van der Waals surface area contributed by atoms with Crippen LogP contribution in [0, 0.1) is 6.92 Å². The minimum Gasteiger partial charge on any atom is -0.389 e. The first-order chi connectivity index (χ1) is 9.06. The van der Waals surface area contributed by atoms with E-state index < -0.39 is 6.10 Å². The maximum atomic E-state index is 12.0. The van der Waals surface area contributed by atoms with E-state index in [0.717, 1.165) is 11.3 Å². The van der Waals surface area contributed by atoms with Gasteiger partial charge < -0.3 is 10.4 Å². The standard InChI is InChI=1S/C15H16N2O2/c1-10-4-3-5-14(16-10)15(19)17-13-8-6-12(7-9-13)11(2)18/h3-9,11,18H,1-2H3,(H,17,19). The third kappa shape index (κ3) is 3.39. The summed E-state index contributed by atoms with van der Waals surface area (Å²) in [4.78, 5) is 16.1. The van der Waals surface area contributed by atoms with Crippen molar-refractivity contribution in [3.8, 4) is 0 Å². The van der Waals surface area contributed by atoms with Crippen LogP contribution in [0.4, 0.5) is 5.69 Å². The van der Waals surface area contributed by atoms with Crippen LogP contribution in [0.25, 0.3) is 0 Å². The van der Waals surface area contributed by atoms with Crippen LogP contribution in [-0.2, 0) is 0 Å². The molecule has 0 saturated heterocycles. The van der Waals surface area contributed by atoms with Gasteiger partial charge in [0.25, 0.3) is 5.91 Å². The lowest BCUT2D eigenvalue weighted by atomic mass is 10.1. The molecule has 2 rings (SSSR count). The molecular formula is C15H16N2O2. The van der Waals surface area contributed by atoms with Gasteiger partial charge in [0.1, 0.15) is 5.69 Å². The highest BCUT2D eigenvalue weighted by atomic mass is 16.3. The maximum absolute atomic E-state index is 12.0. The van der Waals surface area contributed by atoms with Crippen LogP contribution in [0.3, 0.4) is 0 Å². The molecule has 1 atom stereocenters. The summed E-state index contributed by atoms with van der Waals surface area (Å²) in [5, 5.41) is 12.2. The van der Waals surface area contributed by atoms with Crippen LogP contribution < -0.4 is 5.32 Å². The fraction of sp³-hybridized carbons (Fsp3) is 0.200. The van der Waals surface area contributed by atoms with E-state index in [2.05, 4.69) is 10.3 Å². The molecule has 98 valence electrons. The summed E-state index contributed by atoms with van der Waals surface area (Å²) in [6.07, 6.45) is -0.511. The number of aromatic nitrogens is 1. The van der Waals surface area contributed by atoms with Crippen molar-refractivity contribution in [1.29, 1.82) is 0 Å². The molecule has 1 aromatic carbocycles. The van der Waals surface area contributed by atoms with Crippen molar-refractivity contribution in [1.82, 2.24) is 4.98 Å². The van der Waals surface area contributed by atoms with Gasteiger partial charge in [-0.1, -0.05) is 18.2 Å². The fourth-order valence-corrected chi connectivity index (χ4v) is 1.71. The zero-order chi connectivity index (χ0) is 13.8. The molecule has 1 unspecified atom stereocenters. The number of carbonyl (C=O) groups excluding carboxylic acids is 1. The van der Waals surface area contributed by atoms with Crippen LogP contribution in [-0.4, -0.2) is 16.0 Å². The molecule has 0 spiro atoms. The molecule has 1 aromatic heterocycles. The molecule has 0 aliphatic heterocycles. The van der Waals surface area contributed by atoms with E-state index in [1.165, 1.54) is 0 Å². The molecular weight excluding hydrogens is 240 g/mol. The molecule has 0 aliphatic carbocycles. The molecule has 0 saturated carbocycles. The largest absolute Gasteiger partial charge is 0.389 e. The zero-order valence-corrected chi connectivity index (χ0v) is 10.9. The number of aryl methyl sites for hydroxylation is 1. The Bertz CT molecular complexity index is 577. The Hall–Kier alpha value is -2.20. The highest BCUT2D eigenvalue weighted by Gasteiger charge is 2.08. The van der Waals surface area contributed by atoms with E-state index >= 15 is 0 Å². The quantitative estimate of drug-likeness (QED) is 0.887. The number of nitrogens with one attached hydrogen (secondary N) is 1. The van der Waals surface area contributed by atoms with Crippen molar-refractivity contribution < 1.29 is 9.90 Å². The van der Waals surface area contributed by atoms with Gasteiger partial charge >= 0.3 is 0 Å². The summed E-state index contributed by atoms with van der Waals surface area (Å²) >= 11 is 0. The minimum absolute atomic E-state index is 0.242. The van der Waals surface area contributed by atoms with Crippen LogP contribution in [0.5, 0.6) is 0 Å². The van der Waals surface area contributed by atoms with Gasteiger partial charge in [-0.05, 0) is 43.7 Å². The monoisotopic (exact) mass is 256 g/mol. The molecule has 4 heteroatoms. The van der Waals surface area contributed by atoms with Gasteiger partial charge in [0, 0.05) is 11.4 Å². The Morgan fingerprint density at radius 2 is 1.89 bits per heavy atom. The van der Waals surface area contributed by atoms with Crippen LogP contribution in [0.15, 0.2) is 42.5 Å². The van der Waals surface area contributed by atoms with Crippen molar-refractivity contribution in [2.45, 2.75) is 20.0 Å². The summed E-state index contributed by atoms with van der Waals surface area (Å²) in [6, 6.07) is 12.4. The van der Waals surface area contributed by atoms with E-state index in [1.54, 1.807) is 43.3 Å². The number of aliphatic hydroxyl groups is 1. The number of pyridine rings is 1. The molecule has 19 heavy (non-hydrogen) atoms. The fourth-order valence-electron chi connectivity index (χ4n) is 1.71. The number of aliphatic hydroxyl groups excluding tert-OH is 1. The van der Waals surface area contributed by atoms with Crippen molar-refractivity contribution in [2.24, 2.45) is 0 Å². The Labute approximate surface area is 112 Å². The summed E-state index contributed by atoms with van der Waals surface area (Å²) in [6.45, 7) is 3.54.